The highest BCUT2D eigenvalue weighted by Gasteiger charge is 2.35. The number of carbonyl (C=O) groups excluding carboxylic acids is 1. The number of aliphatic carboxylic acids is 1. The minimum Gasteiger partial charge on any atom is -0.480 e. The molecule has 6 nitrogen and oxygen atoms in total. The number of rotatable bonds is 7. The normalized spacial score (nSPS) is 26.5. The van der Waals surface area contributed by atoms with Gasteiger partial charge < -0.3 is 15.7 Å². The van der Waals surface area contributed by atoms with Crippen molar-refractivity contribution in [3.63, 3.8) is 0 Å². The van der Waals surface area contributed by atoms with Crippen LogP contribution in [0, 0.1) is 5.92 Å². The molecule has 2 fully saturated rings. The second-order valence-corrected chi connectivity index (χ2v) is 6.73. The molecule has 0 aromatic carbocycles. The summed E-state index contributed by atoms with van der Waals surface area (Å²) in [7, 11) is 0. The second kappa shape index (κ2) is 7.81. The smallest absolute Gasteiger partial charge is 0.317 e. The van der Waals surface area contributed by atoms with E-state index < -0.39 is 5.97 Å². The highest BCUT2D eigenvalue weighted by atomic mass is 16.4. The molecule has 2 saturated carbocycles. The van der Waals surface area contributed by atoms with E-state index in [0.29, 0.717) is 5.92 Å². The molecule has 0 aromatic rings. The maximum Gasteiger partial charge on any atom is 0.317 e. The highest BCUT2D eigenvalue weighted by Crippen LogP contribution is 2.28. The van der Waals surface area contributed by atoms with E-state index in [2.05, 4.69) is 17.6 Å². The van der Waals surface area contributed by atoms with Crippen LogP contribution in [0.25, 0.3) is 0 Å². The molecule has 126 valence electrons. The van der Waals surface area contributed by atoms with E-state index >= 15 is 0 Å². The van der Waals surface area contributed by atoms with Crippen molar-refractivity contribution in [2.24, 2.45) is 5.92 Å². The Bertz CT molecular complexity index is 390. The molecule has 0 aromatic heterocycles. The van der Waals surface area contributed by atoms with E-state index in [-0.39, 0.29) is 30.7 Å². The molecular formula is C16H29N3O3. The van der Waals surface area contributed by atoms with Crippen LogP contribution < -0.4 is 10.6 Å². The van der Waals surface area contributed by atoms with Crippen molar-refractivity contribution in [1.82, 2.24) is 15.5 Å². The quantitative estimate of drug-likeness (QED) is 0.669. The summed E-state index contributed by atoms with van der Waals surface area (Å²) in [5, 5.41) is 14.9. The van der Waals surface area contributed by atoms with Crippen LogP contribution in [0.1, 0.15) is 52.4 Å². The van der Waals surface area contributed by atoms with Gasteiger partial charge in [-0.3, -0.25) is 9.69 Å². The van der Waals surface area contributed by atoms with E-state index in [1.54, 1.807) is 0 Å². The Morgan fingerprint density at radius 3 is 2.45 bits per heavy atom. The lowest BCUT2D eigenvalue weighted by atomic mass is 9.85. The summed E-state index contributed by atoms with van der Waals surface area (Å²) in [5.74, 6) is -0.174. The van der Waals surface area contributed by atoms with Gasteiger partial charge in [0, 0.05) is 18.1 Å². The van der Waals surface area contributed by atoms with E-state index in [1.165, 1.54) is 25.7 Å². The Morgan fingerprint density at radius 2 is 1.91 bits per heavy atom. The number of hydrogen-bond donors (Lipinski definition) is 3. The molecule has 2 rings (SSSR count). The number of urea groups is 1. The minimum atomic E-state index is -0.790. The lowest BCUT2D eigenvalue weighted by Gasteiger charge is -2.42. The Labute approximate surface area is 132 Å². The largest absolute Gasteiger partial charge is 0.480 e. The highest BCUT2D eigenvalue weighted by molar-refractivity contribution is 5.74. The van der Waals surface area contributed by atoms with Crippen LogP contribution >= 0.6 is 0 Å². The molecule has 6 heteroatoms. The van der Waals surface area contributed by atoms with Gasteiger partial charge in [-0.1, -0.05) is 19.8 Å². The first-order valence-corrected chi connectivity index (χ1v) is 8.52. The summed E-state index contributed by atoms with van der Waals surface area (Å²) in [6.07, 6.45) is 6.66. The maximum absolute atomic E-state index is 12.0. The van der Waals surface area contributed by atoms with Crippen LogP contribution in [-0.4, -0.2) is 53.2 Å². The molecule has 0 saturated heterocycles. The van der Waals surface area contributed by atoms with Crippen molar-refractivity contribution < 1.29 is 14.7 Å². The average Bonchev–Trinajstić information content (AvgIpc) is 2.94. The van der Waals surface area contributed by atoms with Crippen molar-refractivity contribution in [2.75, 3.05) is 13.1 Å². The van der Waals surface area contributed by atoms with Crippen LogP contribution in [0.2, 0.25) is 0 Å². The topological polar surface area (TPSA) is 81.7 Å². The van der Waals surface area contributed by atoms with Crippen LogP contribution in [0.4, 0.5) is 4.79 Å². The third-order valence-electron chi connectivity index (χ3n) is 5.18. The Morgan fingerprint density at radius 1 is 1.27 bits per heavy atom. The molecule has 0 bridgehead atoms. The summed E-state index contributed by atoms with van der Waals surface area (Å²) in [6.45, 7) is 4.87. The number of nitrogens with one attached hydrogen (secondary N) is 2. The fourth-order valence-corrected chi connectivity index (χ4v) is 3.69. The Kier molecular flexibility index (Phi) is 6.06. The monoisotopic (exact) mass is 311 g/mol. The van der Waals surface area contributed by atoms with Crippen molar-refractivity contribution in [3.8, 4) is 0 Å². The van der Waals surface area contributed by atoms with Crippen LogP contribution in [0.15, 0.2) is 0 Å². The predicted molar refractivity (Wildman–Crippen MR) is 84.8 cm³/mol. The van der Waals surface area contributed by atoms with Gasteiger partial charge in [-0.15, -0.1) is 0 Å². The third kappa shape index (κ3) is 4.60. The molecule has 22 heavy (non-hydrogen) atoms. The predicted octanol–water partition coefficient (Wildman–Crippen LogP) is 1.80. The molecule has 2 amide bonds. The zero-order valence-corrected chi connectivity index (χ0v) is 13.7. The van der Waals surface area contributed by atoms with Gasteiger partial charge in [0.15, 0.2) is 0 Å². The van der Waals surface area contributed by atoms with E-state index in [0.717, 1.165) is 19.4 Å². The number of carboxylic acid groups (broad SMARTS) is 1. The summed E-state index contributed by atoms with van der Waals surface area (Å²) in [5.41, 5.74) is 0. The summed E-state index contributed by atoms with van der Waals surface area (Å²) in [6, 6.07) is 0.601. The summed E-state index contributed by atoms with van der Waals surface area (Å²) >= 11 is 0. The Hall–Kier alpha value is -1.30. The molecule has 0 unspecified atom stereocenters. The van der Waals surface area contributed by atoms with Crippen LogP contribution in [-0.2, 0) is 4.79 Å². The van der Waals surface area contributed by atoms with Gasteiger partial charge >= 0.3 is 12.0 Å². The maximum atomic E-state index is 12.0. The molecule has 0 spiro atoms. The first kappa shape index (κ1) is 17.1. The van der Waals surface area contributed by atoms with Crippen molar-refractivity contribution in [2.45, 2.75) is 70.5 Å². The van der Waals surface area contributed by atoms with Crippen molar-refractivity contribution in [1.29, 1.82) is 0 Å². The number of carbonyl (C=O) groups is 2. The lowest BCUT2D eigenvalue weighted by molar-refractivity contribution is -0.139. The second-order valence-electron chi connectivity index (χ2n) is 6.73. The molecule has 0 heterocycles. The molecule has 3 N–H and O–H groups in total. The third-order valence-corrected chi connectivity index (χ3v) is 5.18. The van der Waals surface area contributed by atoms with Gasteiger partial charge in [-0.2, -0.15) is 0 Å². The SMILES string of the molecule is CCN(CC(=O)O)C1CC(NC(=O)N[C@@H](C)C2CCCC2)C1. The van der Waals surface area contributed by atoms with Gasteiger partial charge in [0.2, 0.25) is 0 Å². The standard InChI is InChI=1S/C16H29N3O3/c1-3-19(10-15(20)21)14-8-13(9-14)18-16(22)17-11(2)12-6-4-5-7-12/h11-14H,3-10H2,1-2H3,(H,20,21)(H2,17,18,22)/t11-,13?,14?/m0/s1. The molecule has 1 atom stereocenters. The fraction of sp³-hybridized carbons (Fsp3) is 0.875. The van der Waals surface area contributed by atoms with Gasteiger partial charge in [-0.25, -0.2) is 4.79 Å². The molecular weight excluding hydrogens is 282 g/mol. The molecule has 2 aliphatic carbocycles. The lowest BCUT2D eigenvalue weighted by Crippen LogP contribution is -2.57. The number of nitrogens with zero attached hydrogens (tertiary/aromatic N) is 1. The van der Waals surface area contributed by atoms with Crippen LogP contribution in [0.3, 0.4) is 0 Å². The van der Waals surface area contributed by atoms with E-state index in [9.17, 15) is 9.59 Å². The zero-order valence-electron chi connectivity index (χ0n) is 13.7. The first-order chi connectivity index (χ1) is 10.5. The van der Waals surface area contributed by atoms with Gasteiger partial charge in [0.25, 0.3) is 0 Å². The number of hydrogen-bond acceptors (Lipinski definition) is 3. The van der Waals surface area contributed by atoms with E-state index in [4.69, 9.17) is 5.11 Å². The molecule has 0 aliphatic heterocycles. The van der Waals surface area contributed by atoms with Gasteiger partial charge in [0.1, 0.15) is 0 Å². The van der Waals surface area contributed by atoms with Crippen molar-refractivity contribution in [3.05, 3.63) is 0 Å². The summed E-state index contributed by atoms with van der Waals surface area (Å²) < 4.78 is 0. The Balaban J connectivity index is 1.66. The zero-order chi connectivity index (χ0) is 16.1. The average molecular weight is 311 g/mol. The summed E-state index contributed by atoms with van der Waals surface area (Å²) in [4.78, 5) is 24.8. The van der Waals surface area contributed by atoms with Crippen molar-refractivity contribution >= 4 is 12.0 Å². The van der Waals surface area contributed by atoms with Gasteiger partial charge in [-0.05, 0) is 45.1 Å². The number of amides is 2. The van der Waals surface area contributed by atoms with Crippen LogP contribution in [0.5, 0.6) is 0 Å². The number of carboxylic acids is 1. The molecule has 0 radical (unpaired) electrons. The van der Waals surface area contributed by atoms with E-state index in [1.807, 2.05) is 11.8 Å². The fourth-order valence-electron chi connectivity index (χ4n) is 3.69. The van der Waals surface area contributed by atoms with Gasteiger partial charge in [0.05, 0.1) is 6.54 Å². The number of likely N-dealkylation sites (N-methyl/N-ethyl adjacent to an activating group) is 1. The first-order valence-electron chi connectivity index (χ1n) is 8.52. The molecule has 2 aliphatic rings. The minimum absolute atomic E-state index is 0.0795.